The Morgan fingerprint density at radius 3 is 1.41 bits per heavy atom. The molecule has 0 saturated carbocycles. The number of benzene rings is 4. The van der Waals surface area contributed by atoms with Crippen LogP contribution in [0.25, 0.3) is 27.8 Å². The number of pyridine rings is 2. The molecule has 0 radical (unpaired) electrons. The average molecular weight is 714 g/mol. The van der Waals surface area contributed by atoms with E-state index in [4.69, 9.17) is 9.47 Å². The van der Waals surface area contributed by atoms with Crippen molar-refractivity contribution < 1.29 is 26.3 Å². The van der Waals surface area contributed by atoms with E-state index in [0.717, 1.165) is 6.33 Å². The van der Waals surface area contributed by atoms with E-state index in [2.05, 4.69) is 30.4 Å². The summed E-state index contributed by atoms with van der Waals surface area (Å²) in [6.07, 6.45) is 4.30. The molecule has 0 spiro atoms. The van der Waals surface area contributed by atoms with Crippen LogP contribution < -0.4 is 9.47 Å². The third-order valence-corrected chi connectivity index (χ3v) is 11.4. The van der Waals surface area contributed by atoms with Crippen molar-refractivity contribution in [2.45, 2.75) is 19.6 Å². The molecular formula is C36H23N7O6S2. The van der Waals surface area contributed by atoms with E-state index in [1.165, 1.54) is 53.1 Å². The molecule has 4 heterocycles. The Labute approximate surface area is 290 Å². The van der Waals surface area contributed by atoms with E-state index in [0.29, 0.717) is 45.1 Å². The van der Waals surface area contributed by atoms with Gasteiger partial charge in [-0.25, -0.2) is 26.8 Å². The van der Waals surface area contributed by atoms with Crippen LogP contribution in [0.1, 0.15) is 0 Å². The highest BCUT2D eigenvalue weighted by molar-refractivity contribution is 7.91. The summed E-state index contributed by atoms with van der Waals surface area (Å²) in [5, 5.41) is 17.2. The Kier molecular flexibility index (Phi) is 7.89. The lowest BCUT2D eigenvalue weighted by Crippen LogP contribution is -2.06. The van der Waals surface area contributed by atoms with Gasteiger partial charge in [0.2, 0.25) is 31.4 Å². The standard InChI is InChI=1S/C36H23N7O6S2/c44-50(45,26-9-5-7-24(19-26)48-34-11-1-3-17-37-34)28-13-15-30-31-16-14-29(22-33(31)43(32(30)21-28)36-41-39-23-40-42-36)51(46,47)27-10-6-8-25(20-27)49-35-12-2-4-18-38-35/h1-23H. The highest BCUT2D eigenvalue weighted by atomic mass is 32.2. The maximum Gasteiger partial charge on any atom is 0.273 e. The molecular weight excluding hydrogens is 691 g/mol. The smallest absolute Gasteiger partial charge is 0.273 e. The first kappa shape index (κ1) is 31.7. The predicted molar refractivity (Wildman–Crippen MR) is 184 cm³/mol. The molecule has 250 valence electrons. The van der Waals surface area contributed by atoms with Crippen molar-refractivity contribution in [1.29, 1.82) is 0 Å². The van der Waals surface area contributed by atoms with Crippen molar-refractivity contribution in [3.8, 4) is 29.2 Å². The lowest BCUT2D eigenvalue weighted by Gasteiger charge is -2.10. The van der Waals surface area contributed by atoms with Crippen molar-refractivity contribution in [3.05, 3.63) is 140 Å². The first-order valence-corrected chi connectivity index (χ1v) is 18.2. The summed E-state index contributed by atoms with van der Waals surface area (Å²) in [6.45, 7) is 0. The molecule has 4 aromatic heterocycles. The van der Waals surface area contributed by atoms with Gasteiger partial charge in [0.1, 0.15) is 11.5 Å². The van der Waals surface area contributed by atoms with Crippen molar-refractivity contribution in [1.82, 2.24) is 34.9 Å². The monoisotopic (exact) mass is 713 g/mol. The number of hydrogen-bond donors (Lipinski definition) is 0. The molecule has 0 bridgehead atoms. The summed E-state index contributed by atoms with van der Waals surface area (Å²) in [5.41, 5.74) is 0.782. The lowest BCUT2D eigenvalue weighted by molar-refractivity contribution is 0.461. The van der Waals surface area contributed by atoms with Crippen LogP contribution in [0.3, 0.4) is 0 Å². The average Bonchev–Trinajstić information content (AvgIpc) is 3.49. The van der Waals surface area contributed by atoms with Gasteiger partial charge in [-0.05, 0) is 72.8 Å². The Hall–Kier alpha value is -6.58. The summed E-state index contributed by atoms with van der Waals surface area (Å²) in [6, 6.07) is 31.8. The molecule has 0 unspecified atom stereocenters. The maximum atomic E-state index is 14.0. The zero-order valence-corrected chi connectivity index (χ0v) is 27.8. The topological polar surface area (TPSA) is 169 Å². The van der Waals surface area contributed by atoms with Gasteiger partial charge in [-0.3, -0.25) is 4.57 Å². The third kappa shape index (κ3) is 6.00. The molecule has 4 aromatic carbocycles. The lowest BCUT2D eigenvalue weighted by atomic mass is 10.1. The Morgan fingerprint density at radius 2 is 0.961 bits per heavy atom. The first-order chi connectivity index (χ1) is 24.8. The van der Waals surface area contributed by atoms with Gasteiger partial charge in [-0.2, -0.15) is 0 Å². The van der Waals surface area contributed by atoms with Gasteiger partial charge in [0.25, 0.3) is 5.95 Å². The molecule has 0 atom stereocenters. The minimum absolute atomic E-state index is 0.000119. The fourth-order valence-electron chi connectivity index (χ4n) is 5.55. The second kappa shape index (κ2) is 12.7. The number of fused-ring (bicyclic) bond motifs is 3. The van der Waals surface area contributed by atoms with E-state index < -0.39 is 19.7 Å². The molecule has 0 fully saturated rings. The fourth-order valence-corrected chi connectivity index (χ4v) is 8.18. The van der Waals surface area contributed by atoms with Crippen molar-refractivity contribution in [2.24, 2.45) is 0 Å². The van der Waals surface area contributed by atoms with E-state index in [-0.39, 0.29) is 25.5 Å². The van der Waals surface area contributed by atoms with Crippen molar-refractivity contribution >= 4 is 41.5 Å². The zero-order valence-electron chi connectivity index (χ0n) is 26.2. The fraction of sp³-hybridized carbons (Fsp3) is 0. The first-order valence-electron chi connectivity index (χ1n) is 15.2. The van der Waals surface area contributed by atoms with Crippen LogP contribution in [-0.4, -0.2) is 51.8 Å². The normalized spacial score (nSPS) is 11.8. The molecule has 13 nitrogen and oxygen atoms in total. The minimum Gasteiger partial charge on any atom is -0.439 e. The van der Waals surface area contributed by atoms with E-state index in [1.54, 1.807) is 85.2 Å². The van der Waals surface area contributed by atoms with Gasteiger partial charge in [0, 0.05) is 35.3 Å². The van der Waals surface area contributed by atoms with Gasteiger partial charge in [0.15, 0.2) is 6.33 Å². The van der Waals surface area contributed by atoms with E-state index in [9.17, 15) is 16.8 Å². The van der Waals surface area contributed by atoms with Gasteiger partial charge >= 0.3 is 0 Å². The number of hydrogen-bond acceptors (Lipinski definition) is 12. The quantitative estimate of drug-likeness (QED) is 0.162. The minimum atomic E-state index is -4.07. The van der Waals surface area contributed by atoms with Crippen molar-refractivity contribution in [2.75, 3.05) is 0 Å². The molecule has 8 aromatic rings. The molecule has 0 saturated heterocycles. The van der Waals surface area contributed by atoms with Crippen LogP contribution in [-0.2, 0) is 19.7 Å². The zero-order chi connectivity index (χ0) is 35.0. The second-order valence-electron chi connectivity index (χ2n) is 11.0. The molecule has 0 N–H and O–H groups in total. The maximum absolute atomic E-state index is 14.0. The molecule has 8 rings (SSSR count). The number of aromatic nitrogens is 7. The van der Waals surface area contributed by atoms with Crippen LogP contribution in [0.4, 0.5) is 0 Å². The third-order valence-electron chi connectivity index (χ3n) is 7.88. The second-order valence-corrected chi connectivity index (χ2v) is 14.9. The molecule has 0 amide bonds. The summed E-state index contributed by atoms with van der Waals surface area (Å²) in [7, 11) is -8.15. The van der Waals surface area contributed by atoms with Crippen LogP contribution >= 0.6 is 0 Å². The van der Waals surface area contributed by atoms with E-state index in [1.807, 2.05) is 0 Å². The highest BCUT2D eigenvalue weighted by Crippen LogP contribution is 2.37. The molecule has 0 aliphatic heterocycles. The van der Waals surface area contributed by atoms with Crippen LogP contribution in [0.15, 0.2) is 160 Å². The summed E-state index contributed by atoms with van der Waals surface area (Å²) >= 11 is 0. The summed E-state index contributed by atoms with van der Waals surface area (Å²) < 4.78 is 69.1. The molecule has 51 heavy (non-hydrogen) atoms. The van der Waals surface area contributed by atoms with Gasteiger partial charge in [-0.1, -0.05) is 36.4 Å². The number of sulfone groups is 2. The SMILES string of the molecule is O=S(=O)(c1cccc(Oc2ccccn2)c1)c1ccc2c3ccc(S(=O)(=O)c4cccc(Oc5ccccn5)c4)cc3n(-c3nncnn3)c2c1. The summed E-state index contributed by atoms with van der Waals surface area (Å²) in [5.74, 6) is 1.23. The molecule has 15 heteroatoms. The van der Waals surface area contributed by atoms with E-state index >= 15 is 0 Å². The number of rotatable bonds is 9. The van der Waals surface area contributed by atoms with Gasteiger partial charge < -0.3 is 9.47 Å². The van der Waals surface area contributed by atoms with Crippen LogP contribution in [0.2, 0.25) is 0 Å². The number of nitrogens with zero attached hydrogens (tertiary/aromatic N) is 7. The largest absolute Gasteiger partial charge is 0.439 e. The van der Waals surface area contributed by atoms with Gasteiger partial charge in [-0.15, -0.1) is 20.4 Å². The van der Waals surface area contributed by atoms with Crippen LogP contribution in [0.5, 0.6) is 23.3 Å². The molecule has 0 aliphatic rings. The Morgan fingerprint density at radius 1 is 0.490 bits per heavy atom. The van der Waals surface area contributed by atoms with Gasteiger partial charge in [0.05, 0.1) is 30.6 Å². The Balaban J connectivity index is 1.23. The van der Waals surface area contributed by atoms with Crippen LogP contribution in [0, 0.1) is 0 Å². The molecule has 0 aliphatic carbocycles. The highest BCUT2D eigenvalue weighted by Gasteiger charge is 2.25. The number of ether oxygens (including phenoxy) is 2. The summed E-state index contributed by atoms with van der Waals surface area (Å²) in [4.78, 5) is 8.22. The Bertz CT molecular complexity index is 2610. The van der Waals surface area contributed by atoms with Crippen molar-refractivity contribution in [3.63, 3.8) is 0 Å². The predicted octanol–water partition coefficient (Wildman–Crippen LogP) is 6.40.